The first-order valence-corrected chi connectivity index (χ1v) is 9.85. The molecule has 1 saturated carbocycles. The van der Waals surface area contributed by atoms with E-state index in [4.69, 9.17) is 14.6 Å². The van der Waals surface area contributed by atoms with E-state index in [2.05, 4.69) is 20.8 Å². The maximum atomic E-state index is 10.2. The van der Waals surface area contributed by atoms with E-state index in [1.807, 2.05) is 0 Å². The second-order valence-corrected chi connectivity index (χ2v) is 8.88. The molecule has 0 aromatic carbocycles. The van der Waals surface area contributed by atoms with E-state index in [1.165, 1.54) is 0 Å². The molecule has 1 saturated heterocycles. The fourth-order valence-electron chi connectivity index (χ4n) is 4.78. The molecular weight excluding hydrogens is 356 g/mol. The second kappa shape index (κ2) is 9.45. The molecule has 2 aliphatic rings. The quantitative estimate of drug-likeness (QED) is 0.337. The molecule has 1 aliphatic carbocycles. The van der Waals surface area contributed by atoms with Crippen molar-refractivity contribution in [3.63, 3.8) is 0 Å². The lowest BCUT2D eigenvalue weighted by molar-refractivity contribution is -0.316. The average molecular weight is 392 g/mol. The van der Waals surface area contributed by atoms with Gasteiger partial charge in [0.1, 0.15) is 24.4 Å². The third kappa shape index (κ3) is 5.39. The number of ether oxygens (including phenoxy) is 2. The van der Waals surface area contributed by atoms with Gasteiger partial charge in [-0.25, -0.2) is 0 Å². The third-order valence-electron chi connectivity index (χ3n) is 6.28. The molecule has 1 aliphatic heterocycles. The molecule has 9 atom stereocenters. The van der Waals surface area contributed by atoms with Gasteiger partial charge in [-0.15, -0.1) is 0 Å². The fourth-order valence-corrected chi connectivity index (χ4v) is 4.78. The Labute approximate surface area is 160 Å². The predicted molar refractivity (Wildman–Crippen MR) is 96.6 cm³/mol. The molecule has 0 spiro atoms. The number of rotatable bonds is 7. The summed E-state index contributed by atoms with van der Waals surface area (Å²) in [6.45, 7) is 5.70. The summed E-state index contributed by atoms with van der Waals surface area (Å²) in [4.78, 5) is 0. The Morgan fingerprint density at radius 2 is 1.78 bits per heavy atom. The zero-order valence-electron chi connectivity index (χ0n) is 16.4. The van der Waals surface area contributed by atoms with Crippen LogP contribution in [0.3, 0.4) is 0 Å². The van der Waals surface area contributed by atoms with Crippen LogP contribution in [-0.4, -0.2) is 86.8 Å². The van der Waals surface area contributed by atoms with Gasteiger partial charge in [-0.3, -0.25) is 0 Å². The zero-order chi connectivity index (χ0) is 20.4. The first-order chi connectivity index (χ1) is 12.6. The summed E-state index contributed by atoms with van der Waals surface area (Å²) in [6.07, 6.45) is -4.40. The van der Waals surface area contributed by atoms with E-state index in [1.54, 1.807) is 0 Å². The van der Waals surface area contributed by atoms with E-state index in [0.717, 1.165) is 12.8 Å². The van der Waals surface area contributed by atoms with Crippen molar-refractivity contribution >= 4 is 0 Å². The minimum Gasteiger partial charge on any atom is -0.394 e. The number of hydrogen-bond donors (Lipinski definition) is 6. The standard InChI is InChI=1S/C19H36O8/c1-10-6-12(7-19(2,3)13(10)5-4-11(22)8-20)26-18-17(25)16(24)15(23)14(9-21)27-18/h10-18,20-25H,4-9H2,1-3H3/t10-,11+,12+,13+,14-,15-,16+,17-,18+/m1/s1. The van der Waals surface area contributed by atoms with E-state index in [-0.39, 0.29) is 18.1 Å². The van der Waals surface area contributed by atoms with Crippen molar-refractivity contribution in [1.29, 1.82) is 0 Å². The summed E-state index contributed by atoms with van der Waals surface area (Å²) in [5, 5.41) is 58.0. The summed E-state index contributed by atoms with van der Waals surface area (Å²) in [6, 6.07) is 0. The molecule has 8 nitrogen and oxygen atoms in total. The molecule has 27 heavy (non-hydrogen) atoms. The molecule has 6 N–H and O–H groups in total. The van der Waals surface area contributed by atoms with Crippen LogP contribution in [0.2, 0.25) is 0 Å². The zero-order valence-corrected chi connectivity index (χ0v) is 16.4. The molecule has 0 aromatic heterocycles. The number of aliphatic hydroxyl groups is 6. The van der Waals surface area contributed by atoms with Crippen LogP contribution in [0.15, 0.2) is 0 Å². The molecule has 160 valence electrons. The van der Waals surface area contributed by atoms with Crippen LogP contribution in [-0.2, 0) is 9.47 Å². The lowest BCUT2D eigenvalue weighted by Crippen LogP contribution is -2.60. The first-order valence-electron chi connectivity index (χ1n) is 9.85. The van der Waals surface area contributed by atoms with Crippen LogP contribution in [0.5, 0.6) is 0 Å². The Kier molecular flexibility index (Phi) is 8.04. The van der Waals surface area contributed by atoms with Gasteiger partial charge in [-0.05, 0) is 42.9 Å². The summed E-state index contributed by atoms with van der Waals surface area (Å²) in [7, 11) is 0. The van der Waals surface area contributed by atoms with Crippen LogP contribution >= 0.6 is 0 Å². The highest BCUT2D eigenvalue weighted by Crippen LogP contribution is 2.47. The molecule has 0 radical (unpaired) electrons. The van der Waals surface area contributed by atoms with Gasteiger partial charge in [0.05, 0.1) is 25.4 Å². The Hall–Kier alpha value is -0.320. The van der Waals surface area contributed by atoms with Gasteiger partial charge < -0.3 is 40.1 Å². The smallest absolute Gasteiger partial charge is 0.186 e. The minimum atomic E-state index is -1.44. The molecule has 0 unspecified atom stereocenters. The van der Waals surface area contributed by atoms with Crippen LogP contribution in [0.1, 0.15) is 46.5 Å². The highest BCUT2D eigenvalue weighted by atomic mass is 16.7. The van der Waals surface area contributed by atoms with Crippen LogP contribution in [0, 0.1) is 17.3 Å². The maximum Gasteiger partial charge on any atom is 0.186 e. The predicted octanol–water partition coefficient (Wildman–Crippen LogP) is -0.623. The molecule has 2 fully saturated rings. The van der Waals surface area contributed by atoms with Gasteiger partial charge in [0.2, 0.25) is 0 Å². The van der Waals surface area contributed by atoms with Gasteiger partial charge in [0.25, 0.3) is 0 Å². The van der Waals surface area contributed by atoms with Crippen molar-refractivity contribution in [1.82, 2.24) is 0 Å². The Morgan fingerprint density at radius 3 is 2.33 bits per heavy atom. The van der Waals surface area contributed by atoms with Crippen molar-refractivity contribution < 1.29 is 40.1 Å². The lowest BCUT2D eigenvalue weighted by Gasteiger charge is -2.48. The van der Waals surface area contributed by atoms with Crippen molar-refractivity contribution in [2.75, 3.05) is 13.2 Å². The van der Waals surface area contributed by atoms with Gasteiger partial charge in [-0.2, -0.15) is 0 Å². The van der Waals surface area contributed by atoms with Gasteiger partial charge in [0, 0.05) is 0 Å². The topological polar surface area (TPSA) is 140 Å². The van der Waals surface area contributed by atoms with E-state index < -0.39 is 43.4 Å². The molecule has 0 bridgehead atoms. The summed E-state index contributed by atoms with van der Waals surface area (Å²) in [5.41, 5.74) is -0.0777. The molecule has 2 rings (SSSR count). The maximum absolute atomic E-state index is 10.2. The van der Waals surface area contributed by atoms with E-state index in [9.17, 15) is 25.5 Å². The van der Waals surface area contributed by atoms with Crippen molar-refractivity contribution in [2.45, 2.75) is 89.4 Å². The minimum absolute atomic E-state index is 0.0777. The van der Waals surface area contributed by atoms with Gasteiger partial charge in [-0.1, -0.05) is 20.8 Å². The van der Waals surface area contributed by atoms with Crippen molar-refractivity contribution in [3.8, 4) is 0 Å². The molecule has 0 aromatic rings. The third-order valence-corrected chi connectivity index (χ3v) is 6.28. The van der Waals surface area contributed by atoms with E-state index in [0.29, 0.717) is 24.7 Å². The van der Waals surface area contributed by atoms with E-state index >= 15 is 0 Å². The average Bonchev–Trinajstić information content (AvgIpc) is 2.60. The van der Waals surface area contributed by atoms with Gasteiger partial charge in [0.15, 0.2) is 6.29 Å². The molecule has 8 heteroatoms. The Bertz CT molecular complexity index is 457. The first kappa shape index (κ1) is 23.0. The highest BCUT2D eigenvalue weighted by molar-refractivity contribution is 4.93. The van der Waals surface area contributed by atoms with Crippen LogP contribution < -0.4 is 0 Å². The number of aliphatic hydroxyl groups excluding tert-OH is 6. The van der Waals surface area contributed by atoms with Crippen LogP contribution in [0.4, 0.5) is 0 Å². The largest absolute Gasteiger partial charge is 0.394 e. The van der Waals surface area contributed by atoms with Gasteiger partial charge >= 0.3 is 0 Å². The molecule has 1 heterocycles. The van der Waals surface area contributed by atoms with Crippen LogP contribution in [0.25, 0.3) is 0 Å². The van der Waals surface area contributed by atoms with Crippen molar-refractivity contribution in [2.24, 2.45) is 17.3 Å². The Balaban J connectivity index is 1.99. The lowest BCUT2D eigenvalue weighted by atomic mass is 9.61. The summed E-state index contributed by atoms with van der Waals surface area (Å²) in [5.74, 6) is 0.655. The summed E-state index contributed by atoms with van der Waals surface area (Å²) >= 11 is 0. The molecule has 0 amide bonds. The Morgan fingerprint density at radius 1 is 1.11 bits per heavy atom. The highest BCUT2D eigenvalue weighted by Gasteiger charge is 2.47. The number of hydrogen-bond acceptors (Lipinski definition) is 8. The molecular formula is C19H36O8. The second-order valence-electron chi connectivity index (χ2n) is 8.88. The summed E-state index contributed by atoms with van der Waals surface area (Å²) < 4.78 is 11.4. The monoisotopic (exact) mass is 392 g/mol. The normalized spacial score (nSPS) is 43.4. The SMILES string of the molecule is C[C@@H]1C[C@H](O[C@H]2O[C@H](CO)[C@@H](O)[C@H](O)[C@H]2O)CC(C)(C)[C@H]1CC[C@H](O)CO. The van der Waals surface area contributed by atoms with Crippen molar-refractivity contribution in [3.05, 3.63) is 0 Å². The fraction of sp³-hybridized carbons (Fsp3) is 1.00.